The van der Waals surface area contributed by atoms with Crippen LogP contribution in [0.25, 0.3) is 0 Å². The minimum atomic E-state index is 0.581. The summed E-state index contributed by atoms with van der Waals surface area (Å²) in [7, 11) is 0. The number of ether oxygens (including phenoxy) is 1. The van der Waals surface area contributed by atoms with Crippen LogP contribution in [0.2, 0.25) is 5.02 Å². The number of benzene rings is 2. The Labute approximate surface area is 134 Å². The van der Waals surface area contributed by atoms with E-state index in [1.165, 1.54) is 5.56 Å². The third kappa shape index (κ3) is 3.77. The molecule has 0 radical (unpaired) electrons. The topological polar surface area (TPSA) is 9.23 Å². The molecule has 0 amide bonds. The highest BCUT2D eigenvalue weighted by atomic mass is 79.9. The maximum atomic E-state index is 5.99. The summed E-state index contributed by atoms with van der Waals surface area (Å²) in [6, 6.07) is 14.0. The number of hydrogen-bond acceptors (Lipinski definition) is 1. The quantitative estimate of drug-likeness (QED) is 0.554. The van der Waals surface area contributed by atoms with Gasteiger partial charge in [0.25, 0.3) is 0 Å². The Balaban J connectivity index is 2.18. The number of hydrogen-bond donors (Lipinski definition) is 0. The van der Waals surface area contributed by atoms with E-state index in [-0.39, 0.29) is 0 Å². The predicted molar refractivity (Wildman–Crippen MR) is 89.3 cm³/mol. The lowest BCUT2D eigenvalue weighted by Crippen LogP contribution is -1.92. The normalized spacial score (nSPS) is 12.2. The lowest BCUT2D eigenvalue weighted by atomic mass is 9.99. The van der Waals surface area contributed by atoms with Gasteiger partial charge in [0.15, 0.2) is 0 Å². The monoisotopic (exact) mass is 352 g/mol. The molecule has 106 valence electrons. The van der Waals surface area contributed by atoms with Crippen LogP contribution in [-0.2, 0) is 5.33 Å². The highest BCUT2D eigenvalue weighted by molar-refractivity contribution is 9.08. The maximum absolute atomic E-state index is 5.99. The zero-order valence-corrected chi connectivity index (χ0v) is 14.0. The van der Waals surface area contributed by atoms with Crippen molar-refractivity contribution >= 4 is 27.5 Å². The Morgan fingerprint density at radius 2 is 1.85 bits per heavy atom. The molecular weight excluding hydrogens is 336 g/mol. The molecule has 0 N–H and O–H groups in total. The molecule has 0 fully saturated rings. The van der Waals surface area contributed by atoms with E-state index < -0.39 is 0 Å². The summed E-state index contributed by atoms with van der Waals surface area (Å²) in [5.41, 5.74) is 2.39. The summed E-state index contributed by atoms with van der Waals surface area (Å²) in [6.07, 6.45) is 1.14. The smallest absolute Gasteiger partial charge is 0.131 e. The SMILES string of the molecule is CCC(C)c1ccc(Oc2ccc(Cl)cc2CBr)cc1. The maximum Gasteiger partial charge on any atom is 0.131 e. The molecule has 0 saturated heterocycles. The number of rotatable bonds is 5. The molecule has 2 aromatic rings. The third-order valence-electron chi connectivity index (χ3n) is 3.46. The van der Waals surface area contributed by atoms with E-state index in [2.05, 4.69) is 41.9 Å². The van der Waals surface area contributed by atoms with Crippen LogP contribution in [-0.4, -0.2) is 0 Å². The molecule has 1 nitrogen and oxygen atoms in total. The molecular formula is C17H18BrClO. The van der Waals surface area contributed by atoms with Gasteiger partial charge in [0.1, 0.15) is 11.5 Å². The second-order valence-corrected chi connectivity index (χ2v) is 5.86. The van der Waals surface area contributed by atoms with Crippen molar-refractivity contribution in [3.05, 3.63) is 58.6 Å². The summed E-state index contributed by atoms with van der Waals surface area (Å²) in [5, 5.41) is 1.44. The van der Waals surface area contributed by atoms with Crippen molar-refractivity contribution in [2.24, 2.45) is 0 Å². The molecule has 0 heterocycles. The fraction of sp³-hybridized carbons (Fsp3) is 0.294. The van der Waals surface area contributed by atoms with Crippen molar-refractivity contribution in [1.29, 1.82) is 0 Å². The molecule has 0 aliphatic rings. The third-order valence-corrected chi connectivity index (χ3v) is 4.30. The summed E-state index contributed by atoms with van der Waals surface area (Å²) in [5.74, 6) is 2.27. The molecule has 1 unspecified atom stereocenters. The first-order chi connectivity index (χ1) is 9.63. The van der Waals surface area contributed by atoms with Crippen molar-refractivity contribution in [3.8, 4) is 11.5 Å². The number of halogens is 2. The fourth-order valence-corrected chi connectivity index (χ4v) is 2.61. The number of alkyl halides is 1. The van der Waals surface area contributed by atoms with Gasteiger partial charge in [0.2, 0.25) is 0 Å². The van der Waals surface area contributed by atoms with Gasteiger partial charge >= 0.3 is 0 Å². The van der Waals surface area contributed by atoms with Crippen LogP contribution in [0.4, 0.5) is 0 Å². The van der Waals surface area contributed by atoms with E-state index in [4.69, 9.17) is 16.3 Å². The first-order valence-electron chi connectivity index (χ1n) is 6.76. The average molecular weight is 354 g/mol. The standard InChI is InChI=1S/C17H18BrClO/c1-3-12(2)13-4-7-16(8-5-13)20-17-9-6-15(19)10-14(17)11-18/h4-10,12H,3,11H2,1-2H3. The van der Waals surface area contributed by atoms with Crippen LogP contribution >= 0.6 is 27.5 Å². The van der Waals surface area contributed by atoms with Gasteiger partial charge in [0, 0.05) is 15.9 Å². The zero-order chi connectivity index (χ0) is 14.5. The lowest BCUT2D eigenvalue weighted by molar-refractivity contribution is 0.478. The summed E-state index contributed by atoms with van der Waals surface area (Å²) in [4.78, 5) is 0. The van der Waals surface area contributed by atoms with E-state index >= 15 is 0 Å². The fourth-order valence-electron chi connectivity index (χ4n) is 1.98. The van der Waals surface area contributed by atoms with Crippen molar-refractivity contribution in [2.45, 2.75) is 31.5 Å². The Morgan fingerprint density at radius 1 is 1.15 bits per heavy atom. The first kappa shape index (κ1) is 15.4. The Kier molecular flexibility index (Phi) is 5.50. The molecule has 3 heteroatoms. The van der Waals surface area contributed by atoms with E-state index in [0.29, 0.717) is 11.2 Å². The van der Waals surface area contributed by atoms with Crippen LogP contribution in [0.5, 0.6) is 11.5 Å². The molecule has 0 aliphatic heterocycles. The Morgan fingerprint density at radius 3 is 2.45 bits per heavy atom. The largest absolute Gasteiger partial charge is 0.457 e. The van der Waals surface area contributed by atoms with E-state index in [0.717, 1.165) is 28.5 Å². The Hall–Kier alpha value is -0.990. The second kappa shape index (κ2) is 7.14. The van der Waals surface area contributed by atoms with E-state index in [1.54, 1.807) is 0 Å². The van der Waals surface area contributed by atoms with Gasteiger partial charge in [-0.3, -0.25) is 0 Å². The van der Waals surface area contributed by atoms with Crippen LogP contribution in [0.1, 0.15) is 37.3 Å². The molecule has 2 aromatic carbocycles. The van der Waals surface area contributed by atoms with Crippen molar-refractivity contribution in [1.82, 2.24) is 0 Å². The highest BCUT2D eigenvalue weighted by Gasteiger charge is 2.06. The molecule has 0 aromatic heterocycles. The van der Waals surface area contributed by atoms with Crippen LogP contribution < -0.4 is 4.74 Å². The predicted octanol–water partition coefficient (Wildman–Crippen LogP) is 6.54. The molecule has 0 spiro atoms. The van der Waals surface area contributed by atoms with Crippen LogP contribution in [0.15, 0.2) is 42.5 Å². The molecule has 20 heavy (non-hydrogen) atoms. The van der Waals surface area contributed by atoms with Crippen LogP contribution in [0, 0.1) is 0 Å². The molecule has 0 saturated carbocycles. The van der Waals surface area contributed by atoms with Gasteiger partial charge < -0.3 is 4.74 Å². The summed E-state index contributed by atoms with van der Waals surface area (Å²) in [6.45, 7) is 4.43. The van der Waals surface area contributed by atoms with Crippen LogP contribution in [0.3, 0.4) is 0 Å². The second-order valence-electron chi connectivity index (χ2n) is 4.87. The molecule has 1 atom stereocenters. The van der Waals surface area contributed by atoms with Gasteiger partial charge in [-0.25, -0.2) is 0 Å². The summed E-state index contributed by atoms with van der Waals surface area (Å²) >= 11 is 9.45. The van der Waals surface area contributed by atoms with Gasteiger partial charge in [0.05, 0.1) is 0 Å². The van der Waals surface area contributed by atoms with Crippen molar-refractivity contribution in [2.75, 3.05) is 0 Å². The highest BCUT2D eigenvalue weighted by Crippen LogP contribution is 2.30. The minimum Gasteiger partial charge on any atom is -0.457 e. The van der Waals surface area contributed by atoms with Gasteiger partial charge in [-0.05, 0) is 48.2 Å². The van der Waals surface area contributed by atoms with Gasteiger partial charge in [-0.1, -0.05) is 53.5 Å². The minimum absolute atomic E-state index is 0.581. The zero-order valence-electron chi connectivity index (χ0n) is 11.7. The molecule has 0 bridgehead atoms. The summed E-state index contributed by atoms with van der Waals surface area (Å²) < 4.78 is 5.94. The lowest BCUT2D eigenvalue weighted by Gasteiger charge is -2.12. The average Bonchev–Trinajstić information content (AvgIpc) is 2.49. The van der Waals surface area contributed by atoms with E-state index in [9.17, 15) is 0 Å². The first-order valence-corrected chi connectivity index (χ1v) is 8.26. The molecule has 2 rings (SSSR count). The van der Waals surface area contributed by atoms with Crippen molar-refractivity contribution in [3.63, 3.8) is 0 Å². The van der Waals surface area contributed by atoms with E-state index in [1.807, 2.05) is 30.3 Å². The van der Waals surface area contributed by atoms with Crippen molar-refractivity contribution < 1.29 is 4.74 Å². The Bertz CT molecular complexity index is 566. The van der Waals surface area contributed by atoms with Gasteiger partial charge in [-0.2, -0.15) is 0 Å². The van der Waals surface area contributed by atoms with Gasteiger partial charge in [-0.15, -0.1) is 0 Å². The molecule has 0 aliphatic carbocycles.